The summed E-state index contributed by atoms with van der Waals surface area (Å²) in [6.07, 6.45) is 3.28. The smallest absolute Gasteiger partial charge is 0.296 e. The first-order chi connectivity index (χ1) is 8.04. The first-order valence-electron chi connectivity index (χ1n) is 5.65. The normalized spacial score (nSPS) is 17.1. The van der Waals surface area contributed by atoms with Gasteiger partial charge in [-0.3, -0.25) is 10.1 Å². The fourth-order valence-corrected chi connectivity index (χ4v) is 2.05. The zero-order valence-corrected chi connectivity index (χ0v) is 10.0. The Balaban J connectivity index is 2.29. The minimum Gasteiger partial charge on any atom is -0.496 e. The van der Waals surface area contributed by atoms with Crippen LogP contribution in [0.1, 0.15) is 26.2 Å². The summed E-state index contributed by atoms with van der Waals surface area (Å²) >= 11 is 0. The van der Waals surface area contributed by atoms with Crippen LogP contribution < -0.4 is 10.1 Å². The molecule has 0 unspecified atom stereocenters. The summed E-state index contributed by atoms with van der Waals surface area (Å²) in [4.78, 5) is 10.6. The van der Waals surface area contributed by atoms with Gasteiger partial charge >= 0.3 is 0 Å². The molecule has 2 rings (SSSR count). The fraction of sp³-hybridized carbons (Fsp3) is 0.500. The van der Waals surface area contributed by atoms with Crippen LogP contribution in [0.25, 0.3) is 0 Å². The molecule has 0 spiro atoms. The van der Waals surface area contributed by atoms with Gasteiger partial charge < -0.3 is 10.1 Å². The maximum absolute atomic E-state index is 11.0. The molecular formula is C12H16N2O3. The SMILES string of the molecule is COc1ccc(NC2(C)CCC2)c([N+](=O)[O-])c1. The summed E-state index contributed by atoms with van der Waals surface area (Å²) < 4.78 is 5.00. The average molecular weight is 236 g/mol. The minimum absolute atomic E-state index is 0.000646. The van der Waals surface area contributed by atoms with Crippen LogP contribution in [0.15, 0.2) is 18.2 Å². The van der Waals surface area contributed by atoms with Crippen molar-refractivity contribution in [3.8, 4) is 5.75 Å². The summed E-state index contributed by atoms with van der Waals surface area (Å²) in [7, 11) is 1.50. The van der Waals surface area contributed by atoms with Crippen LogP contribution in [0.3, 0.4) is 0 Å². The van der Waals surface area contributed by atoms with Gasteiger partial charge in [0.05, 0.1) is 18.1 Å². The van der Waals surface area contributed by atoms with Gasteiger partial charge in [0.1, 0.15) is 11.4 Å². The van der Waals surface area contributed by atoms with Crippen LogP contribution in [0.4, 0.5) is 11.4 Å². The van der Waals surface area contributed by atoms with Crippen molar-refractivity contribution in [2.45, 2.75) is 31.7 Å². The van der Waals surface area contributed by atoms with E-state index < -0.39 is 0 Å². The molecule has 0 amide bonds. The van der Waals surface area contributed by atoms with Crippen molar-refractivity contribution in [1.82, 2.24) is 0 Å². The van der Waals surface area contributed by atoms with Crippen LogP contribution in [0, 0.1) is 10.1 Å². The van der Waals surface area contributed by atoms with Crippen molar-refractivity contribution >= 4 is 11.4 Å². The van der Waals surface area contributed by atoms with Gasteiger partial charge in [-0.2, -0.15) is 0 Å². The molecule has 1 fully saturated rings. The molecule has 0 saturated heterocycles. The van der Waals surface area contributed by atoms with Crippen molar-refractivity contribution in [2.24, 2.45) is 0 Å². The van der Waals surface area contributed by atoms with Crippen molar-refractivity contribution < 1.29 is 9.66 Å². The highest BCUT2D eigenvalue weighted by atomic mass is 16.6. The van der Waals surface area contributed by atoms with Gasteiger partial charge in [-0.15, -0.1) is 0 Å². The molecule has 0 heterocycles. The largest absolute Gasteiger partial charge is 0.496 e. The minimum atomic E-state index is -0.382. The number of nitrogens with one attached hydrogen (secondary N) is 1. The zero-order chi connectivity index (χ0) is 12.5. The molecule has 0 atom stereocenters. The molecule has 0 aliphatic heterocycles. The Morgan fingerprint density at radius 2 is 2.18 bits per heavy atom. The average Bonchev–Trinajstić information content (AvgIpc) is 2.27. The van der Waals surface area contributed by atoms with E-state index in [0.29, 0.717) is 11.4 Å². The Morgan fingerprint density at radius 1 is 1.47 bits per heavy atom. The highest BCUT2D eigenvalue weighted by Gasteiger charge is 2.33. The predicted molar refractivity (Wildman–Crippen MR) is 65.5 cm³/mol. The number of nitrogens with zero attached hydrogens (tertiary/aromatic N) is 1. The lowest BCUT2D eigenvalue weighted by atomic mass is 9.78. The van der Waals surface area contributed by atoms with E-state index in [1.165, 1.54) is 19.6 Å². The number of hydrogen-bond donors (Lipinski definition) is 1. The Labute approximate surface area is 99.9 Å². The molecule has 5 heteroatoms. The van der Waals surface area contributed by atoms with Gasteiger partial charge in [-0.25, -0.2) is 0 Å². The Bertz CT molecular complexity index is 441. The molecule has 17 heavy (non-hydrogen) atoms. The van der Waals surface area contributed by atoms with E-state index in [1.54, 1.807) is 12.1 Å². The van der Waals surface area contributed by atoms with E-state index in [2.05, 4.69) is 12.2 Å². The number of hydrogen-bond acceptors (Lipinski definition) is 4. The summed E-state index contributed by atoms with van der Waals surface area (Å²) in [6.45, 7) is 2.09. The highest BCUT2D eigenvalue weighted by molar-refractivity contribution is 5.65. The molecule has 1 aliphatic rings. The molecule has 1 aromatic rings. The third kappa shape index (κ3) is 2.33. The molecule has 1 aromatic carbocycles. The second kappa shape index (κ2) is 4.24. The molecule has 5 nitrogen and oxygen atoms in total. The fourth-order valence-electron chi connectivity index (χ4n) is 2.05. The van der Waals surface area contributed by atoms with Gasteiger partial charge in [0.2, 0.25) is 0 Å². The van der Waals surface area contributed by atoms with Gasteiger partial charge in [0.15, 0.2) is 0 Å². The van der Waals surface area contributed by atoms with Crippen molar-refractivity contribution in [3.05, 3.63) is 28.3 Å². The first-order valence-corrected chi connectivity index (χ1v) is 5.65. The van der Waals surface area contributed by atoms with E-state index in [9.17, 15) is 10.1 Å². The van der Waals surface area contributed by atoms with Gasteiger partial charge in [0, 0.05) is 5.54 Å². The predicted octanol–water partition coefficient (Wildman–Crippen LogP) is 2.96. The molecule has 0 aromatic heterocycles. The highest BCUT2D eigenvalue weighted by Crippen LogP contribution is 2.38. The van der Waals surface area contributed by atoms with E-state index in [4.69, 9.17) is 4.74 Å². The monoisotopic (exact) mass is 236 g/mol. The summed E-state index contributed by atoms with van der Waals surface area (Å²) in [6, 6.07) is 4.89. The summed E-state index contributed by atoms with van der Waals surface area (Å²) in [5.41, 5.74) is 0.634. The second-order valence-corrected chi connectivity index (χ2v) is 4.68. The maximum Gasteiger partial charge on any atom is 0.296 e. The van der Waals surface area contributed by atoms with Gasteiger partial charge in [-0.05, 0) is 38.3 Å². The Morgan fingerprint density at radius 3 is 2.65 bits per heavy atom. The molecule has 92 valence electrons. The lowest BCUT2D eigenvalue weighted by Crippen LogP contribution is -2.41. The van der Waals surface area contributed by atoms with Crippen LogP contribution in [-0.4, -0.2) is 17.6 Å². The van der Waals surface area contributed by atoms with E-state index in [1.807, 2.05) is 0 Å². The quantitative estimate of drug-likeness (QED) is 0.644. The van der Waals surface area contributed by atoms with E-state index in [-0.39, 0.29) is 16.1 Å². The number of rotatable bonds is 4. The number of ether oxygens (including phenoxy) is 1. The van der Waals surface area contributed by atoms with Crippen LogP contribution in [0.2, 0.25) is 0 Å². The third-order valence-electron chi connectivity index (χ3n) is 3.30. The van der Waals surface area contributed by atoms with Crippen molar-refractivity contribution in [2.75, 3.05) is 12.4 Å². The second-order valence-electron chi connectivity index (χ2n) is 4.68. The number of nitro benzene ring substituents is 1. The first kappa shape index (κ1) is 11.7. The molecule has 1 saturated carbocycles. The zero-order valence-electron chi connectivity index (χ0n) is 10.0. The Hall–Kier alpha value is -1.78. The lowest BCUT2D eigenvalue weighted by Gasteiger charge is -2.39. The third-order valence-corrected chi connectivity index (χ3v) is 3.30. The molecular weight excluding hydrogens is 220 g/mol. The van der Waals surface area contributed by atoms with E-state index in [0.717, 1.165) is 12.8 Å². The standard InChI is InChI=1S/C12H16N2O3/c1-12(6-3-7-12)13-10-5-4-9(17-2)8-11(10)14(15)16/h4-5,8,13H,3,6-7H2,1-2H3. The number of nitro groups is 1. The molecule has 0 radical (unpaired) electrons. The van der Waals surface area contributed by atoms with Crippen LogP contribution >= 0.6 is 0 Å². The topological polar surface area (TPSA) is 64.4 Å². The van der Waals surface area contributed by atoms with Crippen LogP contribution in [0.5, 0.6) is 5.75 Å². The van der Waals surface area contributed by atoms with Crippen molar-refractivity contribution in [3.63, 3.8) is 0 Å². The number of benzene rings is 1. The van der Waals surface area contributed by atoms with Crippen molar-refractivity contribution in [1.29, 1.82) is 0 Å². The van der Waals surface area contributed by atoms with E-state index >= 15 is 0 Å². The molecule has 1 N–H and O–H groups in total. The maximum atomic E-state index is 11.0. The molecule has 0 bridgehead atoms. The van der Waals surface area contributed by atoms with Crippen LogP contribution in [-0.2, 0) is 0 Å². The lowest BCUT2D eigenvalue weighted by molar-refractivity contribution is -0.384. The molecule has 1 aliphatic carbocycles. The number of anilines is 1. The number of methoxy groups -OCH3 is 1. The summed E-state index contributed by atoms with van der Waals surface area (Å²) in [5.74, 6) is 0.501. The summed E-state index contributed by atoms with van der Waals surface area (Å²) in [5, 5.41) is 14.3. The van der Waals surface area contributed by atoms with Gasteiger partial charge in [-0.1, -0.05) is 0 Å². The van der Waals surface area contributed by atoms with Gasteiger partial charge in [0.25, 0.3) is 5.69 Å². The Kier molecular flexibility index (Phi) is 2.92.